The first kappa shape index (κ1) is 7.79. The fourth-order valence-electron chi connectivity index (χ4n) is 0.985. The molecule has 0 bridgehead atoms. The Hall–Kier alpha value is -0.310. The molecule has 3 heteroatoms. The molecule has 0 saturated carbocycles. The van der Waals surface area contributed by atoms with Crippen molar-refractivity contribution in [1.82, 2.24) is 0 Å². The minimum atomic E-state index is -0.142. The maximum atomic E-state index is 10.9. The number of cyclic esters (lactones) is 1. The van der Waals surface area contributed by atoms with Crippen LogP contribution in [0.15, 0.2) is 11.1 Å². The Morgan fingerprint density at radius 2 is 2.40 bits per heavy atom. The standard InChI is InChI=1S/C7H9BrO2/c1-2-6-5(3-8)4-10-7(6)9/h2-4H2,1H3. The summed E-state index contributed by atoms with van der Waals surface area (Å²) in [5.74, 6) is -0.142. The Balaban J connectivity index is 2.81. The molecule has 0 amide bonds. The zero-order chi connectivity index (χ0) is 7.56. The van der Waals surface area contributed by atoms with E-state index in [1.54, 1.807) is 0 Å². The van der Waals surface area contributed by atoms with Crippen LogP contribution in [-0.2, 0) is 9.53 Å². The minimum absolute atomic E-state index is 0.142. The Morgan fingerprint density at radius 1 is 1.70 bits per heavy atom. The van der Waals surface area contributed by atoms with Gasteiger partial charge in [0, 0.05) is 10.9 Å². The van der Waals surface area contributed by atoms with Gasteiger partial charge in [-0.15, -0.1) is 0 Å². The number of hydrogen-bond acceptors (Lipinski definition) is 2. The highest BCUT2D eigenvalue weighted by molar-refractivity contribution is 9.09. The van der Waals surface area contributed by atoms with Crippen molar-refractivity contribution in [1.29, 1.82) is 0 Å². The highest BCUT2D eigenvalue weighted by atomic mass is 79.9. The summed E-state index contributed by atoms with van der Waals surface area (Å²) < 4.78 is 4.82. The van der Waals surface area contributed by atoms with Gasteiger partial charge in [0.1, 0.15) is 6.61 Å². The molecule has 0 aromatic rings. The van der Waals surface area contributed by atoms with Crippen molar-refractivity contribution >= 4 is 21.9 Å². The van der Waals surface area contributed by atoms with Crippen LogP contribution in [0.1, 0.15) is 13.3 Å². The predicted molar refractivity (Wildman–Crippen MR) is 42.1 cm³/mol. The van der Waals surface area contributed by atoms with Crippen LogP contribution >= 0.6 is 15.9 Å². The Bertz CT molecular complexity index is 184. The first-order valence-corrected chi connectivity index (χ1v) is 4.35. The average molecular weight is 205 g/mol. The Labute approximate surface area is 68.4 Å². The summed E-state index contributed by atoms with van der Waals surface area (Å²) in [5, 5.41) is 0.752. The van der Waals surface area contributed by atoms with Crippen LogP contribution in [0.25, 0.3) is 0 Å². The smallest absolute Gasteiger partial charge is 0.334 e. The second kappa shape index (κ2) is 3.19. The van der Waals surface area contributed by atoms with Crippen molar-refractivity contribution in [2.45, 2.75) is 13.3 Å². The molecule has 0 aliphatic carbocycles. The van der Waals surface area contributed by atoms with Crippen LogP contribution in [0.4, 0.5) is 0 Å². The van der Waals surface area contributed by atoms with Gasteiger partial charge in [-0.25, -0.2) is 4.79 Å². The van der Waals surface area contributed by atoms with E-state index in [1.807, 2.05) is 6.92 Å². The molecule has 1 aliphatic rings. The van der Waals surface area contributed by atoms with Crippen molar-refractivity contribution in [2.24, 2.45) is 0 Å². The Kier molecular flexibility index (Phi) is 2.49. The van der Waals surface area contributed by atoms with Gasteiger partial charge in [-0.3, -0.25) is 0 Å². The van der Waals surface area contributed by atoms with Crippen molar-refractivity contribution in [3.8, 4) is 0 Å². The lowest BCUT2D eigenvalue weighted by Crippen LogP contribution is -1.97. The van der Waals surface area contributed by atoms with E-state index in [2.05, 4.69) is 15.9 Å². The molecule has 56 valence electrons. The topological polar surface area (TPSA) is 26.3 Å². The molecule has 0 unspecified atom stereocenters. The van der Waals surface area contributed by atoms with Crippen molar-refractivity contribution in [2.75, 3.05) is 11.9 Å². The first-order chi connectivity index (χ1) is 4.79. The normalized spacial score (nSPS) is 18.0. The molecule has 0 aromatic carbocycles. The van der Waals surface area contributed by atoms with Crippen LogP contribution in [0.2, 0.25) is 0 Å². The number of carbonyl (C=O) groups is 1. The van der Waals surface area contributed by atoms with E-state index in [1.165, 1.54) is 0 Å². The third-order valence-electron chi connectivity index (χ3n) is 1.57. The maximum Gasteiger partial charge on any atom is 0.334 e. The van der Waals surface area contributed by atoms with Crippen molar-refractivity contribution in [3.05, 3.63) is 11.1 Å². The number of alkyl halides is 1. The number of esters is 1. The highest BCUT2D eigenvalue weighted by Crippen LogP contribution is 2.19. The van der Waals surface area contributed by atoms with Gasteiger partial charge in [0.15, 0.2) is 0 Å². The number of carbonyl (C=O) groups excluding carboxylic acids is 1. The van der Waals surface area contributed by atoms with Gasteiger partial charge in [0.05, 0.1) is 0 Å². The zero-order valence-corrected chi connectivity index (χ0v) is 7.40. The van der Waals surface area contributed by atoms with Crippen LogP contribution in [-0.4, -0.2) is 17.9 Å². The van der Waals surface area contributed by atoms with Gasteiger partial charge in [0.25, 0.3) is 0 Å². The molecule has 0 saturated heterocycles. The molecule has 1 rings (SSSR count). The van der Waals surface area contributed by atoms with Gasteiger partial charge >= 0.3 is 5.97 Å². The lowest BCUT2D eigenvalue weighted by molar-refractivity contribution is -0.136. The highest BCUT2D eigenvalue weighted by Gasteiger charge is 2.21. The third kappa shape index (κ3) is 1.24. The quantitative estimate of drug-likeness (QED) is 0.506. The van der Waals surface area contributed by atoms with Gasteiger partial charge in [-0.05, 0) is 12.0 Å². The molecule has 0 atom stereocenters. The molecule has 0 aromatic heterocycles. The fourth-order valence-corrected chi connectivity index (χ4v) is 1.49. The van der Waals surface area contributed by atoms with E-state index in [9.17, 15) is 4.79 Å². The molecule has 1 heterocycles. The van der Waals surface area contributed by atoms with Gasteiger partial charge in [0.2, 0.25) is 0 Å². The summed E-state index contributed by atoms with van der Waals surface area (Å²) in [6.45, 7) is 2.44. The summed E-state index contributed by atoms with van der Waals surface area (Å²) in [4.78, 5) is 10.9. The second-order valence-electron chi connectivity index (χ2n) is 2.15. The summed E-state index contributed by atoms with van der Waals surface area (Å²) >= 11 is 3.29. The monoisotopic (exact) mass is 204 g/mol. The molecule has 1 aliphatic heterocycles. The van der Waals surface area contributed by atoms with E-state index in [0.29, 0.717) is 6.61 Å². The third-order valence-corrected chi connectivity index (χ3v) is 2.24. The van der Waals surface area contributed by atoms with E-state index >= 15 is 0 Å². The minimum Gasteiger partial charge on any atom is -0.458 e. The first-order valence-electron chi connectivity index (χ1n) is 3.23. The number of halogens is 1. The largest absolute Gasteiger partial charge is 0.458 e. The van der Waals surface area contributed by atoms with Crippen LogP contribution in [0.3, 0.4) is 0 Å². The SMILES string of the molecule is CCC1=C(CBr)COC1=O. The predicted octanol–water partition coefficient (Wildman–Crippen LogP) is 1.64. The van der Waals surface area contributed by atoms with E-state index in [4.69, 9.17) is 4.74 Å². The number of rotatable bonds is 2. The van der Waals surface area contributed by atoms with Crippen molar-refractivity contribution in [3.63, 3.8) is 0 Å². The van der Waals surface area contributed by atoms with E-state index < -0.39 is 0 Å². The van der Waals surface area contributed by atoms with Crippen LogP contribution < -0.4 is 0 Å². The molecule has 0 fully saturated rings. The second-order valence-corrected chi connectivity index (χ2v) is 2.71. The van der Waals surface area contributed by atoms with E-state index in [-0.39, 0.29) is 5.97 Å². The summed E-state index contributed by atoms with van der Waals surface area (Å²) in [7, 11) is 0. The van der Waals surface area contributed by atoms with E-state index in [0.717, 1.165) is 22.9 Å². The molecule has 0 N–H and O–H groups in total. The number of ether oxygens (including phenoxy) is 1. The molecular weight excluding hydrogens is 196 g/mol. The molecule has 2 nitrogen and oxygen atoms in total. The molecule has 0 radical (unpaired) electrons. The molecule has 10 heavy (non-hydrogen) atoms. The van der Waals surface area contributed by atoms with Gasteiger partial charge in [-0.1, -0.05) is 22.9 Å². The summed E-state index contributed by atoms with van der Waals surface area (Å²) in [5.41, 5.74) is 1.93. The zero-order valence-electron chi connectivity index (χ0n) is 5.82. The summed E-state index contributed by atoms with van der Waals surface area (Å²) in [6, 6.07) is 0. The van der Waals surface area contributed by atoms with Crippen molar-refractivity contribution < 1.29 is 9.53 Å². The summed E-state index contributed by atoms with van der Waals surface area (Å²) in [6.07, 6.45) is 0.778. The molecule has 0 spiro atoms. The average Bonchev–Trinajstić information content (AvgIpc) is 2.30. The Morgan fingerprint density at radius 3 is 2.80 bits per heavy atom. The van der Waals surface area contributed by atoms with Gasteiger partial charge in [-0.2, -0.15) is 0 Å². The van der Waals surface area contributed by atoms with Gasteiger partial charge < -0.3 is 4.74 Å². The lowest BCUT2D eigenvalue weighted by Gasteiger charge is -1.92. The number of hydrogen-bond donors (Lipinski definition) is 0. The molecular formula is C7H9BrO2. The lowest BCUT2D eigenvalue weighted by atomic mass is 10.1. The fraction of sp³-hybridized carbons (Fsp3) is 0.571. The van der Waals surface area contributed by atoms with Crippen LogP contribution in [0, 0.1) is 0 Å². The maximum absolute atomic E-state index is 10.9. The van der Waals surface area contributed by atoms with Crippen LogP contribution in [0.5, 0.6) is 0 Å².